The van der Waals surface area contributed by atoms with E-state index in [2.05, 4.69) is 79.8 Å². The van der Waals surface area contributed by atoms with Crippen LogP contribution in [-0.2, 0) is 4.79 Å². The lowest BCUT2D eigenvalue weighted by molar-refractivity contribution is -0.134. The molecule has 0 radical (unpaired) electrons. The molecule has 1 saturated heterocycles. The van der Waals surface area contributed by atoms with E-state index < -0.39 is 0 Å². The minimum atomic E-state index is 0.118. The molecule has 1 aliphatic rings. The monoisotopic (exact) mass is 502 g/mol. The molecule has 37 heavy (non-hydrogen) atoms. The number of H-pyrrole nitrogens is 1. The molecule has 9 nitrogen and oxygen atoms in total. The third-order valence-electron chi connectivity index (χ3n) is 7.69. The number of nitrogens with one attached hydrogen (secondary N) is 1. The maximum Gasteiger partial charge on any atom is 0.237 e. The maximum atomic E-state index is 12.8. The number of carbonyl (C=O) groups is 1. The first-order valence-corrected chi connectivity index (χ1v) is 13.1. The number of likely N-dealkylation sites (N-methyl/N-ethyl adjacent to an activating group) is 1. The van der Waals surface area contributed by atoms with Crippen LogP contribution < -0.4 is 4.90 Å². The zero-order valence-electron chi connectivity index (χ0n) is 23.2. The summed E-state index contributed by atoms with van der Waals surface area (Å²) in [6.45, 7) is 14.9. The summed E-state index contributed by atoms with van der Waals surface area (Å²) in [6, 6.07) is 4.54. The van der Waals surface area contributed by atoms with Gasteiger partial charge in [0, 0.05) is 42.5 Å². The normalized spacial score (nSPS) is 18.6. The molecule has 1 aliphatic heterocycles. The van der Waals surface area contributed by atoms with Crippen LogP contribution in [0.2, 0.25) is 0 Å². The number of fused-ring (bicyclic) bond motifs is 2. The summed E-state index contributed by atoms with van der Waals surface area (Å²) in [5.41, 5.74) is 8.65. The third kappa shape index (κ3) is 4.35. The van der Waals surface area contributed by atoms with Crippen LogP contribution in [0.25, 0.3) is 27.9 Å². The Balaban J connectivity index is 1.54. The minimum Gasteiger partial charge on any atom is -0.353 e. The molecule has 9 heteroatoms. The predicted molar refractivity (Wildman–Crippen MR) is 148 cm³/mol. The number of aromatic nitrogens is 5. The van der Waals surface area contributed by atoms with Crippen molar-refractivity contribution < 1.29 is 4.79 Å². The van der Waals surface area contributed by atoms with Gasteiger partial charge in [-0.15, -0.1) is 0 Å². The summed E-state index contributed by atoms with van der Waals surface area (Å²) < 4.78 is 1.85. The summed E-state index contributed by atoms with van der Waals surface area (Å²) in [4.78, 5) is 32.4. The van der Waals surface area contributed by atoms with Gasteiger partial charge in [0.05, 0.1) is 23.3 Å². The fourth-order valence-corrected chi connectivity index (χ4v) is 5.62. The zero-order valence-corrected chi connectivity index (χ0v) is 23.2. The molecule has 0 bridgehead atoms. The van der Waals surface area contributed by atoms with E-state index in [1.807, 2.05) is 28.4 Å². The highest BCUT2D eigenvalue weighted by atomic mass is 16.2. The molecule has 4 aromatic rings. The Kier molecular flexibility index (Phi) is 6.43. The van der Waals surface area contributed by atoms with E-state index in [4.69, 9.17) is 4.98 Å². The molecular weight excluding hydrogens is 464 g/mol. The predicted octanol–water partition coefficient (Wildman–Crippen LogP) is 4.00. The summed E-state index contributed by atoms with van der Waals surface area (Å²) in [5.74, 6) is 1.41. The second-order valence-corrected chi connectivity index (χ2v) is 11.1. The molecule has 0 unspecified atom stereocenters. The summed E-state index contributed by atoms with van der Waals surface area (Å²) in [5, 5.41) is 4.40. The highest BCUT2D eigenvalue weighted by Crippen LogP contribution is 2.38. The van der Waals surface area contributed by atoms with E-state index in [-0.39, 0.29) is 23.9 Å². The van der Waals surface area contributed by atoms with Crippen molar-refractivity contribution in [2.75, 3.05) is 38.6 Å². The topological polar surface area (TPSA) is 85.7 Å². The number of rotatable bonds is 5. The lowest BCUT2D eigenvalue weighted by Crippen LogP contribution is -2.59. The molecule has 0 saturated carbocycles. The summed E-state index contributed by atoms with van der Waals surface area (Å²) in [6.07, 6.45) is 3.67. The summed E-state index contributed by atoms with van der Waals surface area (Å²) >= 11 is 0. The number of amides is 1. The number of hydrogen-bond donors (Lipinski definition) is 1. The molecule has 1 amide bonds. The Bertz CT molecular complexity index is 1470. The van der Waals surface area contributed by atoms with Crippen LogP contribution in [-0.4, -0.2) is 86.1 Å². The molecule has 1 fully saturated rings. The van der Waals surface area contributed by atoms with Gasteiger partial charge in [-0.25, -0.2) is 14.5 Å². The van der Waals surface area contributed by atoms with Gasteiger partial charge in [0.1, 0.15) is 12.1 Å². The van der Waals surface area contributed by atoms with Crippen molar-refractivity contribution in [3.8, 4) is 11.3 Å². The lowest BCUT2D eigenvalue weighted by Gasteiger charge is -2.45. The van der Waals surface area contributed by atoms with Crippen LogP contribution in [0.4, 0.5) is 5.82 Å². The van der Waals surface area contributed by atoms with E-state index in [1.54, 1.807) is 6.33 Å². The lowest BCUT2D eigenvalue weighted by atomic mass is 9.95. The number of aryl methyl sites for hydroxylation is 1. The van der Waals surface area contributed by atoms with Gasteiger partial charge in [-0.3, -0.25) is 4.79 Å². The zero-order chi connectivity index (χ0) is 26.6. The Morgan fingerprint density at radius 2 is 1.89 bits per heavy atom. The molecule has 0 spiro atoms. The molecule has 196 valence electrons. The summed E-state index contributed by atoms with van der Waals surface area (Å²) in [7, 11) is 3.87. The average Bonchev–Trinajstić information content (AvgIpc) is 3.46. The van der Waals surface area contributed by atoms with Crippen molar-refractivity contribution in [2.45, 2.75) is 59.5 Å². The number of pyridine rings is 2. The highest BCUT2D eigenvalue weighted by molar-refractivity contribution is 5.90. The van der Waals surface area contributed by atoms with Gasteiger partial charge in [-0.1, -0.05) is 13.8 Å². The van der Waals surface area contributed by atoms with Crippen LogP contribution in [0, 0.1) is 13.8 Å². The van der Waals surface area contributed by atoms with Crippen molar-refractivity contribution in [1.29, 1.82) is 0 Å². The van der Waals surface area contributed by atoms with Crippen molar-refractivity contribution in [3.63, 3.8) is 0 Å². The number of hydrogen-bond acceptors (Lipinski definition) is 6. The van der Waals surface area contributed by atoms with Crippen molar-refractivity contribution in [2.24, 2.45) is 0 Å². The van der Waals surface area contributed by atoms with Crippen molar-refractivity contribution in [3.05, 3.63) is 41.3 Å². The van der Waals surface area contributed by atoms with Crippen molar-refractivity contribution in [1.82, 2.24) is 34.4 Å². The van der Waals surface area contributed by atoms with Gasteiger partial charge >= 0.3 is 0 Å². The molecule has 0 aromatic carbocycles. The molecule has 4 aromatic heterocycles. The van der Waals surface area contributed by atoms with E-state index >= 15 is 0 Å². The second kappa shape index (κ2) is 9.45. The second-order valence-electron chi connectivity index (χ2n) is 11.1. The minimum absolute atomic E-state index is 0.118. The smallest absolute Gasteiger partial charge is 0.237 e. The van der Waals surface area contributed by atoms with E-state index in [0.29, 0.717) is 13.1 Å². The van der Waals surface area contributed by atoms with Crippen LogP contribution in [0.3, 0.4) is 0 Å². The fourth-order valence-electron chi connectivity index (χ4n) is 5.62. The maximum absolute atomic E-state index is 12.8. The van der Waals surface area contributed by atoms with Crippen LogP contribution >= 0.6 is 0 Å². The Hall–Kier alpha value is -3.46. The van der Waals surface area contributed by atoms with Gasteiger partial charge in [-0.05, 0) is 71.0 Å². The number of aromatic amines is 1. The van der Waals surface area contributed by atoms with Crippen molar-refractivity contribution >= 4 is 28.4 Å². The molecule has 1 N–H and O–H groups in total. The first-order chi connectivity index (χ1) is 17.6. The SMILES string of the molecule is Cc1c(-c2[nH]c3ccc(N4C[C@H](C)N(C(=O)CN(C)C)C[C@@H]4C)nc3c2C(C)C)cn2ncnc2c1C. The van der Waals surface area contributed by atoms with Gasteiger partial charge in [0.15, 0.2) is 5.65 Å². The fraction of sp³-hybridized carbons (Fsp3) is 0.500. The molecule has 5 heterocycles. The van der Waals surface area contributed by atoms with Gasteiger partial charge in [0.2, 0.25) is 5.91 Å². The molecular formula is C28H38N8O. The van der Waals surface area contributed by atoms with Crippen LogP contribution in [0.15, 0.2) is 24.7 Å². The van der Waals surface area contributed by atoms with Crippen LogP contribution in [0.1, 0.15) is 50.3 Å². The van der Waals surface area contributed by atoms with Crippen LogP contribution in [0.5, 0.6) is 0 Å². The number of nitrogens with zero attached hydrogens (tertiary/aromatic N) is 7. The Morgan fingerprint density at radius 3 is 2.59 bits per heavy atom. The third-order valence-corrected chi connectivity index (χ3v) is 7.69. The van der Waals surface area contributed by atoms with Gasteiger partial charge in [-0.2, -0.15) is 5.10 Å². The number of anilines is 1. The standard InChI is InChI=1S/C28H38N8O/c1-16(2)25-26(21-13-36-28(29-15-30-36)20(6)19(21)5)31-22-9-10-23(32-27(22)25)34-11-18(4)35(12-17(34)3)24(37)14-33(7)8/h9-10,13,15-18,31H,11-12,14H2,1-8H3/t17-,18-/m0/s1. The largest absolute Gasteiger partial charge is 0.353 e. The van der Waals surface area contributed by atoms with Gasteiger partial charge < -0.3 is 19.7 Å². The molecule has 2 atom stereocenters. The Morgan fingerprint density at radius 1 is 1.14 bits per heavy atom. The van der Waals surface area contributed by atoms with Gasteiger partial charge in [0.25, 0.3) is 0 Å². The number of piperazine rings is 1. The van der Waals surface area contributed by atoms with E-state index in [1.165, 1.54) is 11.1 Å². The average molecular weight is 503 g/mol. The number of carbonyl (C=O) groups excluding carboxylic acids is 1. The molecule has 5 rings (SSSR count). The first-order valence-electron chi connectivity index (χ1n) is 13.1. The van der Waals surface area contributed by atoms with E-state index in [0.717, 1.165) is 45.9 Å². The first kappa shape index (κ1) is 25.2. The molecule has 0 aliphatic carbocycles. The highest BCUT2D eigenvalue weighted by Gasteiger charge is 2.33. The van der Waals surface area contributed by atoms with E-state index in [9.17, 15) is 4.79 Å². The quantitative estimate of drug-likeness (QED) is 0.444. The Labute approximate surface area is 218 Å².